The predicted molar refractivity (Wildman–Crippen MR) is 58.6 cm³/mol. The molecule has 0 aromatic carbocycles. The normalized spacial score (nSPS) is 26.3. The largest absolute Gasteiger partial charge is 0.395 e. The van der Waals surface area contributed by atoms with Gasteiger partial charge < -0.3 is 20.6 Å². The van der Waals surface area contributed by atoms with E-state index in [0.29, 0.717) is 25.7 Å². The molecule has 1 fully saturated rings. The van der Waals surface area contributed by atoms with Crippen molar-refractivity contribution in [1.29, 1.82) is 0 Å². The Bertz CT molecular complexity index is 203. The first-order valence-corrected chi connectivity index (χ1v) is 5.55. The van der Waals surface area contributed by atoms with Gasteiger partial charge in [0.1, 0.15) is 0 Å². The average molecular weight is 215 g/mol. The first-order chi connectivity index (χ1) is 7.19. The average Bonchev–Trinajstić information content (AvgIpc) is 2.26. The van der Waals surface area contributed by atoms with Crippen molar-refractivity contribution in [2.24, 2.45) is 0 Å². The number of amides is 1. The quantitative estimate of drug-likeness (QED) is 0.550. The Balaban J connectivity index is 2.44. The van der Waals surface area contributed by atoms with Crippen LogP contribution in [0.1, 0.15) is 13.8 Å². The molecule has 0 aliphatic carbocycles. The SMILES string of the molecule is CCN(CCO)C(=O)C1CNC(C)CN1. The highest BCUT2D eigenvalue weighted by Gasteiger charge is 2.26. The zero-order valence-electron chi connectivity index (χ0n) is 9.49. The number of aliphatic hydroxyl groups is 1. The van der Waals surface area contributed by atoms with E-state index in [0.717, 1.165) is 6.54 Å². The lowest BCUT2D eigenvalue weighted by atomic mass is 10.1. The van der Waals surface area contributed by atoms with E-state index < -0.39 is 0 Å². The summed E-state index contributed by atoms with van der Waals surface area (Å²) in [5.74, 6) is 0.0750. The van der Waals surface area contributed by atoms with E-state index >= 15 is 0 Å². The second kappa shape index (κ2) is 6.05. The van der Waals surface area contributed by atoms with Gasteiger partial charge >= 0.3 is 0 Å². The summed E-state index contributed by atoms with van der Waals surface area (Å²) in [6.07, 6.45) is 0. The summed E-state index contributed by atoms with van der Waals surface area (Å²) in [4.78, 5) is 13.6. The highest BCUT2D eigenvalue weighted by atomic mass is 16.3. The molecule has 2 atom stereocenters. The second-order valence-electron chi connectivity index (χ2n) is 3.91. The maximum atomic E-state index is 11.9. The van der Waals surface area contributed by atoms with Crippen molar-refractivity contribution < 1.29 is 9.90 Å². The van der Waals surface area contributed by atoms with Crippen molar-refractivity contribution in [2.45, 2.75) is 25.9 Å². The van der Waals surface area contributed by atoms with Gasteiger partial charge in [0.25, 0.3) is 0 Å². The Hall–Kier alpha value is -0.650. The molecular formula is C10H21N3O2. The number of rotatable bonds is 4. The van der Waals surface area contributed by atoms with Crippen molar-refractivity contribution in [3.05, 3.63) is 0 Å². The van der Waals surface area contributed by atoms with Crippen LogP contribution in [0.5, 0.6) is 0 Å². The molecule has 0 aromatic rings. The predicted octanol–water partition coefficient (Wildman–Crippen LogP) is -1.22. The molecule has 0 bridgehead atoms. The third-order valence-corrected chi connectivity index (χ3v) is 2.70. The molecule has 0 radical (unpaired) electrons. The van der Waals surface area contributed by atoms with Crippen molar-refractivity contribution >= 4 is 5.91 Å². The van der Waals surface area contributed by atoms with Gasteiger partial charge in [-0.05, 0) is 13.8 Å². The molecule has 0 spiro atoms. The van der Waals surface area contributed by atoms with Gasteiger partial charge in [-0.2, -0.15) is 0 Å². The Morgan fingerprint density at radius 2 is 2.20 bits per heavy atom. The molecule has 0 saturated carbocycles. The molecule has 1 amide bonds. The standard InChI is InChI=1S/C10H21N3O2/c1-3-13(4-5-14)10(15)9-7-11-8(2)6-12-9/h8-9,11-12,14H,3-7H2,1-2H3. The highest BCUT2D eigenvalue weighted by molar-refractivity contribution is 5.82. The number of piperazine rings is 1. The van der Waals surface area contributed by atoms with Crippen molar-refractivity contribution in [2.75, 3.05) is 32.8 Å². The summed E-state index contributed by atoms with van der Waals surface area (Å²) in [6, 6.07) is 0.273. The molecule has 2 unspecified atom stereocenters. The van der Waals surface area contributed by atoms with E-state index in [9.17, 15) is 4.79 Å². The first-order valence-electron chi connectivity index (χ1n) is 5.55. The number of likely N-dealkylation sites (N-methyl/N-ethyl adjacent to an activating group) is 1. The van der Waals surface area contributed by atoms with Gasteiger partial charge in [0.05, 0.1) is 12.6 Å². The maximum Gasteiger partial charge on any atom is 0.241 e. The molecule has 0 aromatic heterocycles. The minimum absolute atomic E-state index is 0.0239. The van der Waals surface area contributed by atoms with Gasteiger partial charge in [-0.15, -0.1) is 0 Å². The molecule has 1 saturated heterocycles. The van der Waals surface area contributed by atoms with E-state index in [-0.39, 0.29) is 18.6 Å². The van der Waals surface area contributed by atoms with Gasteiger partial charge in [0.15, 0.2) is 0 Å². The highest BCUT2D eigenvalue weighted by Crippen LogP contribution is 1.99. The van der Waals surface area contributed by atoms with E-state index in [2.05, 4.69) is 17.6 Å². The molecule has 5 heteroatoms. The van der Waals surface area contributed by atoms with Crippen LogP contribution in [0.3, 0.4) is 0 Å². The van der Waals surface area contributed by atoms with Gasteiger partial charge in [-0.3, -0.25) is 4.79 Å². The number of nitrogens with zero attached hydrogens (tertiary/aromatic N) is 1. The fourth-order valence-electron chi connectivity index (χ4n) is 1.72. The van der Waals surface area contributed by atoms with Crippen LogP contribution in [-0.2, 0) is 4.79 Å². The van der Waals surface area contributed by atoms with Gasteiger partial charge in [-0.1, -0.05) is 0 Å². The fraction of sp³-hybridized carbons (Fsp3) is 0.900. The third-order valence-electron chi connectivity index (χ3n) is 2.70. The number of hydrogen-bond donors (Lipinski definition) is 3. The Kier molecular flexibility index (Phi) is 5.01. The van der Waals surface area contributed by atoms with Crippen LogP contribution in [-0.4, -0.2) is 60.8 Å². The summed E-state index contributed by atoms with van der Waals surface area (Å²) < 4.78 is 0. The summed E-state index contributed by atoms with van der Waals surface area (Å²) >= 11 is 0. The number of hydrogen-bond acceptors (Lipinski definition) is 4. The van der Waals surface area contributed by atoms with E-state index in [4.69, 9.17) is 5.11 Å². The lowest BCUT2D eigenvalue weighted by Gasteiger charge is -2.32. The summed E-state index contributed by atoms with van der Waals surface area (Å²) in [6.45, 7) is 6.58. The molecule has 15 heavy (non-hydrogen) atoms. The Labute approximate surface area is 90.8 Å². The van der Waals surface area contributed by atoms with E-state index in [1.165, 1.54) is 0 Å². The summed E-state index contributed by atoms with van der Waals surface area (Å²) in [5, 5.41) is 15.3. The van der Waals surface area contributed by atoms with E-state index in [1.54, 1.807) is 4.90 Å². The Morgan fingerprint density at radius 3 is 2.67 bits per heavy atom. The zero-order chi connectivity index (χ0) is 11.3. The zero-order valence-corrected chi connectivity index (χ0v) is 9.49. The van der Waals surface area contributed by atoms with Crippen LogP contribution in [0.2, 0.25) is 0 Å². The van der Waals surface area contributed by atoms with Gasteiger partial charge in [0, 0.05) is 32.2 Å². The molecule has 1 aliphatic rings. The lowest BCUT2D eigenvalue weighted by Crippen LogP contribution is -2.59. The topological polar surface area (TPSA) is 64.6 Å². The lowest BCUT2D eigenvalue weighted by molar-refractivity contribution is -0.134. The van der Waals surface area contributed by atoms with Crippen molar-refractivity contribution in [1.82, 2.24) is 15.5 Å². The smallest absolute Gasteiger partial charge is 0.241 e. The summed E-state index contributed by atoms with van der Waals surface area (Å²) in [7, 11) is 0. The van der Waals surface area contributed by atoms with Crippen molar-refractivity contribution in [3.63, 3.8) is 0 Å². The first kappa shape index (κ1) is 12.4. The van der Waals surface area contributed by atoms with Gasteiger partial charge in [0.2, 0.25) is 5.91 Å². The monoisotopic (exact) mass is 215 g/mol. The minimum Gasteiger partial charge on any atom is -0.395 e. The van der Waals surface area contributed by atoms with Crippen LogP contribution in [0.15, 0.2) is 0 Å². The van der Waals surface area contributed by atoms with Gasteiger partial charge in [-0.25, -0.2) is 0 Å². The minimum atomic E-state index is -0.146. The molecule has 88 valence electrons. The second-order valence-corrected chi connectivity index (χ2v) is 3.91. The number of aliphatic hydroxyl groups excluding tert-OH is 1. The van der Waals surface area contributed by atoms with E-state index in [1.807, 2.05) is 6.92 Å². The maximum absolute atomic E-state index is 11.9. The molecule has 5 nitrogen and oxygen atoms in total. The fourth-order valence-corrected chi connectivity index (χ4v) is 1.72. The van der Waals surface area contributed by atoms with Crippen LogP contribution >= 0.6 is 0 Å². The third kappa shape index (κ3) is 3.44. The number of nitrogens with one attached hydrogen (secondary N) is 2. The molecular weight excluding hydrogens is 194 g/mol. The molecule has 3 N–H and O–H groups in total. The van der Waals surface area contributed by atoms with Crippen LogP contribution in [0.25, 0.3) is 0 Å². The number of carbonyl (C=O) groups is 1. The molecule has 1 aliphatic heterocycles. The van der Waals surface area contributed by atoms with Crippen LogP contribution in [0, 0.1) is 0 Å². The van der Waals surface area contributed by atoms with Crippen LogP contribution < -0.4 is 10.6 Å². The Morgan fingerprint density at radius 1 is 1.47 bits per heavy atom. The van der Waals surface area contributed by atoms with Crippen molar-refractivity contribution in [3.8, 4) is 0 Å². The summed E-state index contributed by atoms with van der Waals surface area (Å²) in [5.41, 5.74) is 0. The van der Waals surface area contributed by atoms with Crippen LogP contribution in [0.4, 0.5) is 0 Å². The number of carbonyl (C=O) groups excluding carboxylic acids is 1. The molecule has 1 heterocycles. The molecule has 1 rings (SSSR count).